The third-order valence-electron chi connectivity index (χ3n) is 4.71. The van der Waals surface area contributed by atoms with Crippen molar-refractivity contribution in [3.8, 4) is 0 Å². The Bertz CT molecular complexity index is 507. The summed E-state index contributed by atoms with van der Waals surface area (Å²) in [5, 5.41) is 0. The van der Waals surface area contributed by atoms with Gasteiger partial charge in [-0.1, -0.05) is 35.0 Å². The normalized spacial score (nSPS) is 18.5. The minimum Gasteiger partial charge on any atom is -0.299 e. The fourth-order valence-electron chi connectivity index (χ4n) is 3.56. The van der Waals surface area contributed by atoms with E-state index in [0.717, 1.165) is 23.0 Å². The van der Waals surface area contributed by atoms with E-state index < -0.39 is 12.7 Å². The molecule has 0 aromatic heterocycles. The van der Waals surface area contributed by atoms with E-state index in [9.17, 15) is 13.2 Å². The Morgan fingerprint density at radius 2 is 1.65 bits per heavy atom. The van der Waals surface area contributed by atoms with Crippen molar-refractivity contribution < 1.29 is 13.2 Å². The van der Waals surface area contributed by atoms with E-state index in [4.69, 9.17) is 0 Å². The number of hydrogen-bond acceptors (Lipinski definition) is 2. The van der Waals surface area contributed by atoms with Gasteiger partial charge in [0.05, 0.1) is 6.54 Å². The molecule has 2 nitrogen and oxygen atoms in total. The number of likely N-dealkylation sites (tertiary alicyclic amines) is 1. The number of halogens is 4. The van der Waals surface area contributed by atoms with Gasteiger partial charge in [-0.25, -0.2) is 0 Å². The van der Waals surface area contributed by atoms with Gasteiger partial charge in [0.1, 0.15) is 0 Å². The molecule has 0 spiro atoms. The molecular weight excluding hydrogens is 405 g/mol. The van der Waals surface area contributed by atoms with Crippen molar-refractivity contribution in [2.24, 2.45) is 0 Å². The topological polar surface area (TPSA) is 6.48 Å². The van der Waals surface area contributed by atoms with Gasteiger partial charge in [-0.2, -0.15) is 13.2 Å². The van der Waals surface area contributed by atoms with Gasteiger partial charge in [0.15, 0.2) is 0 Å². The van der Waals surface area contributed by atoms with E-state index >= 15 is 0 Å². The predicted molar refractivity (Wildman–Crippen MR) is 107 cm³/mol. The average Bonchev–Trinajstić information content (AvgIpc) is 2.94. The molecule has 1 fully saturated rings. The van der Waals surface area contributed by atoms with E-state index in [0.29, 0.717) is 25.2 Å². The second-order valence-corrected chi connectivity index (χ2v) is 8.32. The zero-order valence-electron chi connectivity index (χ0n) is 16.5. The summed E-state index contributed by atoms with van der Waals surface area (Å²) in [5.41, 5.74) is 1.12. The molecule has 0 bridgehead atoms. The van der Waals surface area contributed by atoms with Crippen molar-refractivity contribution >= 4 is 15.9 Å². The zero-order valence-corrected chi connectivity index (χ0v) is 18.1. The molecule has 1 atom stereocenters. The van der Waals surface area contributed by atoms with E-state index in [2.05, 4.69) is 55.4 Å². The van der Waals surface area contributed by atoms with Crippen LogP contribution in [-0.2, 0) is 0 Å². The highest BCUT2D eigenvalue weighted by atomic mass is 79.9. The number of benzene rings is 1. The lowest BCUT2D eigenvalue weighted by molar-refractivity contribution is -0.143. The summed E-state index contributed by atoms with van der Waals surface area (Å²) >= 11 is 3.35. The summed E-state index contributed by atoms with van der Waals surface area (Å²) in [5.74, 6) is 0.227. The molecule has 1 aliphatic rings. The van der Waals surface area contributed by atoms with Gasteiger partial charge in [-0.3, -0.25) is 9.80 Å². The molecule has 26 heavy (non-hydrogen) atoms. The third kappa shape index (κ3) is 8.40. The standard InChI is InChI=1S/C12H13BrF3N.C8H19N/c13-11-3-1-9(2-4-11)10-5-6-17(7-10)8-12(14,15)16;1-6-9(7(2)3)8(4)5/h1-4,10H,5-8H2;7-8H,6H2,1-5H3. The molecule has 0 radical (unpaired) electrons. The summed E-state index contributed by atoms with van der Waals surface area (Å²) in [4.78, 5) is 3.94. The molecule has 1 aromatic rings. The highest BCUT2D eigenvalue weighted by molar-refractivity contribution is 9.10. The van der Waals surface area contributed by atoms with Crippen LogP contribution in [0, 0.1) is 0 Å². The first-order chi connectivity index (χ1) is 12.0. The molecule has 1 heterocycles. The van der Waals surface area contributed by atoms with Crippen molar-refractivity contribution in [2.75, 3.05) is 26.2 Å². The second-order valence-electron chi connectivity index (χ2n) is 7.41. The monoisotopic (exact) mass is 436 g/mol. The van der Waals surface area contributed by atoms with Crippen molar-refractivity contribution in [3.05, 3.63) is 34.3 Å². The molecule has 0 aliphatic carbocycles. The number of rotatable bonds is 5. The lowest BCUT2D eigenvalue weighted by Crippen LogP contribution is -2.36. The largest absolute Gasteiger partial charge is 0.401 e. The number of hydrogen-bond donors (Lipinski definition) is 0. The molecule has 1 saturated heterocycles. The quantitative estimate of drug-likeness (QED) is 0.564. The Labute approximate surface area is 164 Å². The molecule has 2 rings (SSSR count). The first kappa shape index (κ1) is 23.4. The highest BCUT2D eigenvalue weighted by Gasteiger charge is 2.34. The van der Waals surface area contributed by atoms with Gasteiger partial charge in [0, 0.05) is 23.1 Å². The van der Waals surface area contributed by atoms with Crippen molar-refractivity contribution in [3.63, 3.8) is 0 Å². The molecule has 0 amide bonds. The molecule has 1 unspecified atom stereocenters. The van der Waals surface area contributed by atoms with E-state index in [1.54, 1.807) is 0 Å². The van der Waals surface area contributed by atoms with Gasteiger partial charge in [0.2, 0.25) is 0 Å². The van der Waals surface area contributed by atoms with Crippen LogP contribution in [0.25, 0.3) is 0 Å². The van der Waals surface area contributed by atoms with Crippen LogP contribution in [0.3, 0.4) is 0 Å². The predicted octanol–water partition coefficient (Wildman–Crippen LogP) is 5.93. The van der Waals surface area contributed by atoms with E-state index in [-0.39, 0.29) is 5.92 Å². The van der Waals surface area contributed by atoms with Crippen LogP contribution in [0.2, 0.25) is 0 Å². The second kappa shape index (κ2) is 10.7. The van der Waals surface area contributed by atoms with E-state index in [1.165, 1.54) is 4.90 Å². The molecular formula is C20H32BrF3N2. The van der Waals surface area contributed by atoms with Crippen LogP contribution in [-0.4, -0.2) is 54.2 Å². The lowest BCUT2D eigenvalue weighted by Gasteiger charge is -2.28. The van der Waals surface area contributed by atoms with Crippen molar-refractivity contribution in [1.29, 1.82) is 0 Å². The minimum atomic E-state index is -4.09. The summed E-state index contributed by atoms with van der Waals surface area (Å²) < 4.78 is 37.7. The SMILES string of the molecule is CCN(C(C)C)C(C)C.FC(F)(F)CN1CCC(c2ccc(Br)cc2)C1. The molecule has 0 N–H and O–H groups in total. The zero-order chi connectivity index (χ0) is 19.9. The summed E-state index contributed by atoms with van der Waals surface area (Å²) in [6.45, 7) is 12.6. The molecule has 0 saturated carbocycles. The van der Waals surface area contributed by atoms with E-state index in [1.807, 2.05) is 24.3 Å². The summed E-state index contributed by atoms with van der Waals surface area (Å²) in [6, 6.07) is 9.20. The fraction of sp³-hybridized carbons (Fsp3) is 0.700. The third-order valence-corrected chi connectivity index (χ3v) is 5.24. The van der Waals surface area contributed by atoms with Gasteiger partial charge < -0.3 is 0 Å². The highest BCUT2D eigenvalue weighted by Crippen LogP contribution is 2.30. The molecule has 1 aliphatic heterocycles. The van der Waals surface area contributed by atoms with Gasteiger partial charge in [0.25, 0.3) is 0 Å². The van der Waals surface area contributed by atoms with Crippen LogP contribution < -0.4 is 0 Å². The molecule has 6 heteroatoms. The van der Waals surface area contributed by atoms with Gasteiger partial charge in [-0.15, -0.1) is 0 Å². The Hall–Kier alpha value is -0.590. The maximum atomic E-state index is 12.2. The van der Waals surface area contributed by atoms with Crippen LogP contribution in [0.15, 0.2) is 28.7 Å². The van der Waals surface area contributed by atoms with Crippen LogP contribution >= 0.6 is 15.9 Å². The van der Waals surface area contributed by atoms with Crippen molar-refractivity contribution in [2.45, 2.75) is 65.2 Å². The summed E-state index contributed by atoms with van der Waals surface area (Å²) in [7, 11) is 0. The Balaban J connectivity index is 0.000000321. The average molecular weight is 437 g/mol. The van der Waals surface area contributed by atoms with Crippen LogP contribution in [0.4, 0.5) is 13.2 Å². The van der Waals surface area contributed by atoms with Gasteiger partial charge in [-0.05, 0) is 70.8 Å². The van der Waals surface area contributed by atoms with Crippen LogP contribution in [0.1, 0.15) is 52.5 Å². The Kier molecular flexibility index (Phi) is 9.62. The minimum absolute atomic E-state index is 0.227. The molecule has 1 aromatic carbocycles. The number of nitrogens with zero attached hydrogens (tertiary/aromatic N) is 2. The Morgan fingerprint density at radius 3 is 2.04 bits per heavy atom. The maximum Gasteiger partial charge on any atom is 0.401 e. The fourth-order valence-corrected chi connectivity index (χ4v) is 3.83. The van der Waals surface area contributed by atoms with Crippen LogP contribution in [0.5, 0.6) is 0 Å². The van der Waals surface area contributed by atoms with Gasteiger partial charge >= 0.3 is 6.18 Å². The first-order valence-electron chi connectivity index (χ1n) is 9.33. The smallest absolute Gasteiger partial charge is 0.299 e. The van der Waals surface area contributed by atoms with Crippen molar-refractivity contribution in [1.82, 2.24) is 9.80 Å². The number of alkyl halides is 3. The molecule has 150 valence electrons. The Morgan fingerprint density at radius 1 is 1.12 bits per heavy atom. The summed E-state index contributed by atoms with van der Waals surface area (Å²) in [6.07, 6.45) is -3.29. The maximum absolute atomic E-state index is 12.2. The first-order valence-corrected chi connectivity index (χ1v) is 10.1. The lowest BCUT2D eigenvalue weighted by atomic mass is 9.99.